The molecule has 0 spiro atoms. The molecule has 1 N–H and O–H groups in total. The van der Waals surface area contributed by atoms with Crippen molar-refractivity contribution in [1.82, 2.24) is 20.2 Å². The van der Waals surface area contributed by atoms with Gasteiger partial charge in [0.1, 0.15) is 29.5 Å². The average Bonchev–Trinajstić information content (AvgIpc) is 3.25. The monoisotopic (exact) mass is 578 g/mol. The van der Waals surface area contributed by atoms with Crippen molar-refractivity contribution in [3.8, 4) is 5.88 Å². The summed E-state index contributed by atoms with van der Waals surface area (Å²) in [6.07, 6.45) is -0.996. The van der Waals surface area contributed by atoms with E-state index in [9.17, 15) is 23.2 Å². The number of anilines is 1. The summed E-state index contributed by atoms with van der Waals surface area (Å²) in [5, 5.41) is 3.02. The van der Waals surface area contributed by atoms with Crippen LogP contribution in [0.25, 0.3) is 0 Å². The van der Waals surface area contributed by atoms with Crippen molar-refractivity contribution in [2.45, 2.75) is 45.4 Å². The normalized spacial score (nSPS) is 21.4. The van der Waals surface area contributed by atoms with Crippen molar-refractivity contribution < 1.29 is 41.8 Å². The maximum atomic E-state index is 15.3. The number of carbonyl (C=O) groups excluding carboxylic acids is 3. The molecule has 2 fully saturated rings. The summed E-state index contributed by atoms with van der Waals surface area (Å²) >= 11 is 0. The highest BCUT2D eigenvalue weighted by molar-refractivity contribution is 6.05. The highest BCUT2D eigenvalue weighted by atomic mass is 19.1. The average molecular weight is 579 g/mol. The molecular formula is C26H29F3N6O6. The van der Waals surface area contributed by atoms with Crippen molar-refractivity contribution in [3.05, 3.63) is 46.9 Å². The van der Waals surface area contributed by atoms with Gasteiger partial charge < -0.3 is 24.4 Å². The van der Waals surface area contributed by atoms with E-state index in [1.54, 1.807) is 20.8 Å². The Balaban J connectivity index is 1.82. The smallest absolute Gasteiger partial charge is 0.437 e. The van der Waals surface area contributed by atoms with E-state index < -0.39 is 65.0 Å². The first-order chi connectivity index (χ1) is 19.1. The molecule has 0 bridgehead atoms. The number of benzene rings is 1. The molecule has 1 aromatic carbocycles. The molecule has 220 valence electrons. The number of nitrogens with zero attached hydrogens (tertiary/aromatic N) is 5. The molecule has 3 heterocycles. The van der Waals surface area contributed by atoms with Crippen LogP contribution in [0.1, 0.15) is 39.0 Å². The Kier molecular flexibility index (Phi) is 7.83. The van der Waals surface area contributed by atoms with E-state index in [0.717, 1.165) is 17.9 Å². The molecule has 2 atom stereocenters. The SMILES string of the molecule is COc1nc(N2C[C@H]3C(=O)N(C)/C(=N\C(=O)OC(C)(C)C)N[C@@]3(c3ccc(F)cc3F)C2)nc(COC(C)=O)c1F. The number of methoxy groups -OCH3 is 1. The number of carbonyl (C=O) groups is 3. The van der Waals surface area contributed by atoms with Crippen LogP contribution >= 0.6 is 0 Å². The number of guanidine groups is 1. The first-order valence-electron chi connectivity index (χ1n) is 12.5. The largest absolute Gasteiger partial charge is 0.479 e. The first-order valence-corrected chi connectivity index (χ1v) is 12.5. The predicted octanol–water partition coefficient (Wildman–Crippen LogP) is 2.65. The minimum atomic E-state index is -1.59. The third-order valence-corrected chi connectivity index (χ3v) is 6.49. The zero-order valence-corrected chi connectivity index (χ0v) is 23.3. The van der Waals surface area contributed by atoms with E-state index in [4.69, 9.17) is 14.2 Å². The van der Waals surface area contributed by atoms with E-state index in [1.807, 2.05) is 0 Å². The van der Waals surface area contributed by atoms with Gasteiger partial charge in [-0.1, -0.05) is 6.07 Å². The molecule has 2 amide bonds. The number of fused-ring (bicyclic) bond motifs is 1. The molecule has 15 heteroatoms. The van der Waals surface area contributed by atoms with Gasteiger partial charge in [0.05, 0.1) is 18.6 Å². The third-order valence-electron chi connectivity index (χ3n) is 6.49. The van der Waals surface area contributed by atoms with Gasteiger partial charge in [-0.3, -0.25) is 14.5 Å². The number of rotatable bonds is 5. The number of ether oxygens (including phenoxy) is 3. The van der Waals surface area contributed by atoms with E-state index >= 15 is 4.39 Å². The second-order valence-corrected chi connectivity index (χ2v) is 10.5. The number of aliphatic imine (C=N–C) groups is 1. The maximum absolute atomic E-state index is 15.3. The maximum Gasteiger partial charge on any atom is 0.437 e. The third kappa shape index (κ3) is 5.88. The van der Waals surface area contributed by atoms with Gasteiger partial charge in [-0.2, -0.15) is 9.37 Å². The minimum Gasteiger partial charge on any atom is -0.479 e. The number of hydrogen-bond acceptors (Lipinski definition) is 9. The van der Waals surface area contributed by atoms with Gasteiger partial charge in [0, 0.05) is 38.7 Å². The van der Waals surface area contributed by atoms with Crippen molar-refractivity contribution >= 4 is 29.9 Å². The number of esters is 1. The van der Waals surface area contributed by atoms with Crippen LogP contribution in [0, 0.1) is 23.4 Å². The Morgan fingerprint density at radius 2 is 1.93 bits per heavy atom. The molecule has 0 unspecified atom stereocenters. The van der Waals surface area contributed by atoms with Crippen LogP contribution in [0.15, 0.2) is 23.2 Å². The Morgan fingerprint density at radius 1 is 1.22 bits per heavy atom. The number of amides is 2. The van der Waals surface area contributed by atoms with Crippen LogP contribution in [-0.2, 0) is 31.2 Å². The summed E-state index contributed by atoms with van der Waals surface area (Å²) in [6, 6.07) is 2.90. The molecule has 0 aliphatic carbocycles. The fourth-order valence-corrected chi connectivity index (χ4v) is 4.71. The van der Waals surface area contributed by atoms with Crippen LogP contribution in [0.5, 0.6) is 5.88 Å². The van der Waals surface area contributed by atoms with Crippen LogP contribution in [0.2, 0.25) is 0 Å². The first kappa shape index (κ1) is 29.6. The van der Waals surface area contributed by atoms with Gasteiger partial charge in [0.15, 0.2) is 0 Å². The summed E-state index contributed by atoms with van der Waals surface area (Å²) in [4.78, 5) is 52.3. The fourth-order valence-electron chi connectivity index (χ4n) is 4.71. The van der Waals surface area contributed by atoms with Crippen LogP contribution < -0.4 is 15.0 Å². The van der Waals surface area contributed by atoms with Gasteiger partial charge in [0.2, 0.25) is 23.6 Å². The van der Waals surface area contributed by atoms with Crippen molar-refractivity contribution in [1.29, 1.82) is 0 Å². The Morgan fingerprint density at radius 3 is 2.54 bits per heavy atom. The molecule has 2 aliphatic rings. The topological polar surface area (TPSA) is 136 Å². The molecule has 2 saturated heterocycles. The molecule has 41 heavy (non-hydrogen) atoms. The summed E-state index contributed by atoms with van der Waals surface area (Å²) in [7, 11) is 2.56. The zero-order valence-electron chi connectivity index (χ0n) is 23.3. The number of hydrogen-bond donors (Lipinski definition) is 1. The zero-order chi connectivity index (χ0) is 30.3. The number of halogens is 3. The standard InChI is InChI=1S/C26H29F3N6O6/c1-13(36)40-11-18-19(29)20(39-6)31-22(30-18)35-10-16-21(37)34(5)23(32-24(38)41-25(2,3)4)33-26(16,12-35)15-8-7-14(27)9-17(15)28/h7-9,16H,10-12H2,1-6H3,(H,32,33,38)/t16-,26+/m0/s1. The van der Waals surface area contributed by atoms with Gasteiger partial charge >= 0.3 is 12.1 Å². The van der Waals surface area contributed by atoms with Gasteiger partial charge in [0.25, 0.3) is 5.88 Å². The molecule has 4 rings (SSSR count). The summed E-state index contributed by atoms with van der Waals surface area (Å²) in [5.74, 6) is -5.76. The molecular weight excluding hydrogens is 549 g/mol. The lowest BCUT2D eigenvalue weighted by Gasteiger charge is -2.43. The molecule has 12 nitrogen and oxygen atoms in total. The van der Waals surface area contributed by atoms with Crippen LogP contribution in [-0.4, -0.2) is 71.6 Å². The van der Waals surface area contributed by atoms with Gasteiger partial charge in [-0.15, -0.1) is 4.99 Å². The number of nitrogens with one attached hydrogen (secondary N) is 1. The van der Waals surface area contributed by atoms with Gasteiger partial charge in [-0.05, 0) is 26.8 Å². The van der Waals surface area contributed by atoms with Crippen molar-refractivity contribution in [2.24, 2.45) is 10.9 Å². The van der Waals surface area contributed by atoms with Crippen LogP contribution in [0.3, 0.4) is 0 Å². The van der Waals surface area contributed by atoms with E-state index in [2.05, 4.69) is 20.3 Å². The van der Waals surface area contributed by atoms with E-state index in [-0.39, 0.29) is 36.3 Å². The molecule has 0 radical (unpaired) electrons. The van der Waals surface area contributed by atoms with Crippen molar-refractivity contribution in [2.75, 3.05) is 32.1 Å². The molecule has 0 saturated carbocycles. The Bertz CT molecular complexity index is 1430. The Labute approximate surface area is 233 Å². The number of aromatic nitrogens is 2. The lowest BCUT2D eigenvalue weighted by atomic mass is 9.78. The summed E-state index contributed by atoms with van der Waals surface area (Å²) in [6.45, 7) is 5.25. The molecule has 2 aliphatic heterocycles. The highest BCUT2D eigenvalue weighted by Crippen LogP contribution is 2.43. The van der Waals surface area contributed by atoms with Crippen LogP contribution in [0.4, 0.5) is 23.9 Å². The minimum absolute atomic E-state index is 0.0843. The molecule has 1 aromatic heterocycles. The summed E-state index contributed by atoms with van der Waals surface area (Å²) < 4.78 is 59.3. The van der Waals surface area contributed by atoms with Crippen molar-refractivity contribution in [3.63, 3.8) is 0 Å². The lowest BCUT2D eigenvalue weighted by Crippen LogP contribution is -2.65. The lowest BCUT2D eigenvalue weighted by molar-refractivity contribution is -0.142. The van der Waals surface area contributed by atoms with E-state index in [0.29, 0.717) is 6.07 Å². The fraction of sp³-hybridized carbons (Fsp3) is 0.462. The highest BCUT2D eigenvalue weighted by Gasteiger charge is 2.58. The van der Waals surface area contributed by atoms with E-state index in [1.165, 1.54) is 25.1 Å². The Hall–Kier alpha value is -4.43. The second-order valence-electron chi connectivity index (χ2n) is 10.5. The quantitative estimate of drug-likeness (QED) is 0.528. The van der Waals surface area contributed by atoms with Gasteiger partial charge in [-0.25, -0.2) is 18.6 Å². The molecule has 2 aromatic rings. The summed E-state index contributed by atoms with van der Waals surface area (Å²) in [5.41, 5.74) is -2.85. The predicted molar refractivity (Wildman–Crippen MR) is 137 cm³/mol. The second kappa shape index (κ2) is 10.9.